The van der Waals surface area contributed by atoms with Crippen molar-refractivity contribution in [1.29, 1.82) is 0 Å². The van der Waals surface area contributed by atoms with E-state index in [1.54, 1.807) is 12.1 Å². The van der Waals surface area contributed by atoms with Crippen LogP contribution < -0.4 is 5.32 Å². The third kappa shape index (κ3) is 2.79. The lowest BCUT2D eigenvalue weighted by Gasteiger charge is -2.28. The highest BCUT2D eigenvalue weighted by Crippen LogP contribution is 2.49. The van der Waals surface area contributed by atoms with Gasteiger partial charge in [0.1, 0.15) is 10.3 Å². The fraction of sp³-hybridized carbons (Fsp3) is 0.600. The molecule has 1 amide bonds. The van der Waals surface area contributed by atoms with Crippen molar-refractivity contribution >= 4 is 29.1 Å². The van der Waals surface area contributed by atoms with Crippen LogP contribution in [0, 0.1) is 17.8 Å². The predicted molar refractivity (Wildman–Crippen MR) is 80.1 cm³/mol. The first kappa shape index (κ1) is 14.2. The molecule has 0 aromatic carbocycles. The van der Waals surface area contributed by atoms with Crippen LogP contribution in [0.25, 0.3) is 0 Å². The lowest BCUT2D eigenvalue weighted by atomic mass is 9.84. The van der Waals surface area contributed by atoms with Gasteiger partial charge in [0.15, 0.2) is 0 Å². The molecule has 0 radical (unpaired) electrons. The molecule has 2 aliphatic rings. The van der Waals surface area contributed by atoms with Crippen molar-refractivity contribution in [2.75, 3.05) is 0 Å². The molecule has 1 heterocycles. The van der Waals surface area contributed by atoms with Crippen molar-refractivity contribution in [2.45, 2.75) is 38.6 Å². The van der Waals surface area contributed by atoms with E-state index in [2.05, 4.69) is 17.2 Å². The second kappa shape index (κ2) is 5.53. The first-order valence-corrected chi connectivity index (χ1v) is 7.92. The average Bonchev–Trinajstić information content (AvgIpc) is 2.99. The predicted octanol–water partition coefficient (Wildman–Crippen LogP) is 3.94. The minimum absolute atomic E-state index is 0.119. The Morgan fingerprint density at radius 1 is 1.30 bits per heavy atom. The van der Waals surface area contributed by atoms with E-state index >= 15 is 0 Å². The van der Waals surface area contributed by atoms with Crippen LogP contribution in [-0.2, 0) is 0 Å². The van der Waals surface area contributed by atoms with Gasteiger partial charge in [-0.25, -0.2) is 4.98 Å². The lowest BCUT2D eigenvalue weighted by molar-refractivity contribution is 0.0915. The number of aromatic nitrogens is 1. The molecule has 1 aromatic heterocycles. The number of carbonyl (C=O) groups is 1. The van der Waals surface area contributed by atoms with Gasteiger partial charge in [-0.1, -0.05) is 29.6 Å². The summed E-state index contributed by atoms with van der Waals surface area (Å²) in [5.74, 6) is 2.17. The topological polar surface area (TPSA) is 42.0 Å². The van der Waals surface area contributed by atoms with E-state index in [0.717, 1.165) is 11.8 Å². The van der Waals surface area contributed by atoms with Gasteiger partial charge >= 0.3 is 0 Å². The summed E-state index contributed by atoms with van der Waals surface area (Å²) in [5, 5.41) is 3.58. The maximum atomic E-state index is 12.3. The van der Waals surface area contributed by atoms with Crippen LogP contribution in [0.15, 0.2) is 12.1 Å². The standard InChI is InChI=1S/C15H18Cl2N2O/c1-8(12-5-9-2-3-10(12)4-9)18-15(20)11-6-13(16)19-14(17)7-11/h6-10,12H,2-5H2,1H3,(H,18,20). The zero-order valence-electron chi connectivity index (χ0n) is 11.4. The van der Waals surface area contributed by atoms with Crippen LogP contribution in [0.1, 0.15) is 43.0 Å². The monoisotopic (exact) mass is 312 g/mol. The summed E-state index contributed by atoms with van der Waals surface area (Å²) >= 11 is 11.7. The van der Waals surface area contributed by atoms with Gasteiger partial charge in [-0.15, -0.1) is 0 Å². The number of pyridine rings is 1. The number of fused-ring (bicyclic) bond motifs is 2. The van der Waals surface area contributed by atoms with E-state index in [0.29, 0.717) is 11.5 Å². The van der Waals surface area contributed by atoms with Gasteiger partial charge in [-0.2, -0.15) is 0 Å². The Morgan fingerprint density at radius 2 is 2.00 bits per heavy atom. The number of amides is 1. The molecule has 20 heavy (non-hydrogen) atoms. The van der Waals surface area contributed by atoms with Crippen LogP contribution in [0.2, 0.25) is 10.3 Å². The largest absolute Gasteiger partial charge is 0.349 e. The van der Waals surface area contributed by atoms with Crippen LogP contribution in [-0.4, -0.2) is 16.9 Å². The molecule has 1 aromatic rings. The normalized spacial score (nSPS) is 29.4. The van der Waals surface area contributed by atoms with E-state index in [9.17, 15) is 4.79 Å². The van der Waals surface area contributed by atoms with Crippen molar-refractivity contribution in [3.05, 3.63) is 28.0 Å². The Bertz CT molecular complexity index is 514. The number of rotatable bonds is 3. The zero-order valence-corrected chi connectivity index (χ0v) is 12.9. The second-order valence-corrected chi connectivity index (χ2v) is 6.88. The summed E-state index contributed by atoms with van der Waals surface area (Å²) in [5.41, 5.74) is 0.477. The Labute approximate surface area is 129 Å². The summed E-state index contributed by atoms with van der Waals surface area (Å²) < 4.78 is 0. The maximum absolute atomic E-state index is 12.3. The van der Waals surface area contributed by atoms with Gasteiger partial charge in [0.2, 0.25) is 0 Å². The molecule has 2 aliphatic carbocycles. The Kier molecular flexibility index (Phi) is 3.91. The SMILES string of the molecule is CC(NC(=O)c1cc(Cl)nc(Cl)c1)C1CC2CCC1C2. The number of carbonyl (C=O) groups excluding carboxylic acids is 1. The van der Waals surface area contributed by atoms with Crippen LogP contribution in [0.3, 0.4) is 0 Å². The minimum Gasteiger partial charge on any atom is -0.349 e. The number of nitrogens with one attached hydrogen (secondary N) is 1. The third-order valence-corrected chi connectivity index (χ3v) is 5.21. The molecule has 0 saturated heterocycles. The van der Waals surface area contributed by atoms with E-state index in [1.807, 2.05) is 0 Å². The van der Waals surface area contributed by atoms with E-state index in [-0.39, 0.29) is 22.3 Å². The maximum Gasteiger partial charge on any atom is 0.251 e. The zero-order chi connectivity index (χ0) is 14.3. The van der Waals surface area contributed by atoms with Gasteiger partial charge in [0.25, 0.3) is 5.91 Å². The van der Waals surface area contributed by atoms with Gasteiger partial charge < -0.3 is 5.32 Å². The Hall–Kier alpha value is -0.800. The molecule has 2 fully saturated rings. The van der Waals surface area contributed by atoms with Crippen LogP contribution in [0.4, 0.5) is 0 Å². The average molecular weight is 313 g/mol. The van der Waals surface area contributed by atoms with E-state index in [4.69, 9.17) is 23.2 Å². The molecule has 2 saturated carbocycles. The molecule has 4 atom stereocenters. The quantitative estimate of drug-likeness (QED) is 0.859. The summed E-state index contributed by atoms with van der Waals surface area (Å²) in [6, 6.07) is 3.30. The summed E-state index contributed by atoms with van der Waals surface area (Å²) in [7, 11) is 0. The molecule has 2 bridgehead atoms. The molecule has 3 nitrogen and oxygen atoms in total. The number of nitrogens with zero attached hydrogens (tertiary/aromatic N) is 1. The molecular weight excluding hydrogens is 295 g/mol. The summed E-state index contributed by atoms with van der Waals surface area (Å²) in [6.45, 7) is 2.10. The van der Waals surface area contributed by atoms with Crippen molar-refractivity contribution in [2.24, 2.45) is 17.8 Å². The van der Waals surface area contributed by atoms with E-state index in [1.165, 1.54) is 25.7 Å². The van der Waals surface area contributed by atoms with Crippen molar-refractivity contribution in [1.82, 2.24) is 10.3 Å². The number of hydrogen-bond acceptors (Lipinski definition) is 2. The second-order valence-electron chi connectivity index (χ2n) is 6.10. The lowest BCUT2D eigenvalue weighted by Crippen LogP contribution is -2.40. The number of halogens is 2. The molecule has 108 valence electrons. The smallest absolute Gasteiger partial charge is 0.251 e. The summed E-state index contributed by atoms with van der Waals surface area (Å²) in [6.07, 6.45) is 5.29. The van der Waals surface area contributed by atoms with Crippen LogP contribution in [0.5, 0.6) is 0 Å². The van der Waals surface area contributed by atoms with E-state index < -0.39 is 0 Å². The van der Waals surface area contributed by atoms with Gasteiger partial charge in [0, 0.05) is 11.6 Å². The van der Waals surface area contributed by atoms with Crippen LogP contribution >= 0.6 is 23.2 Å². The summed E-state index contributed by atoms with van der Waals surface area (Å²) in [4.78, 5) is 16.1. The third-order valence-electron chi connectivity index (χ3n) is 4.82. The van der Waals surface area contributed by atoms with Gasteiger partial charge in [-0.05, 0) is 56.1 Å². The Morgan fingerprint density at radius 3 is 2.55 bits per heavy atom. The van der Waals surface area contributed by atoms with Gasteiger partial charge in [-0.3, -0.25) is 4.79 Å². The first-order chi connectivity index (χ1) is 9.52. The molecule has 4 unspecified atom stereocenters. The molecule has 0 aliphatic heterocycles. The molecule has 0 spiro atoms. The molecule has 5 heteroatoms. The van der Waals surface area contributed by atoms with Gasteiger partial charge in [0.05, 0.1) is 0 Å². The fourth-order valence-electron chi connectivity index (χ4n) is 3.90. The highest BCUT2D eigenvalue weighted by atomic mass is 35.5. The molecule has 1 N–H and O–H groups in total. The number of hydrogen-bond donors (Lipinski definition) is 1. The highest BCUT2D eigenvalue weighted by Gasteiger charge is 2.42. The Balaban J connectivity index is 1.66. The molecule has 3 rings (SSSR count). The minimum atomic E-state index is -0.119. The van der Waals surface area contributed by atoms with Crippen molar-refractivity contribution < 1.29 is 4.79 Å². The van der Waals surface area contributed by atoms with Crippen molar-refractivity contribution in [3.63, 3.8) is 0 Å². The fourth-order valence-corrected chi connectivity index (χ4v) is 4.36. The first-order valence-electron chi connectivity index (χ1n) is 7.17. The van der Waals surface area contributed by atoms with Crippen molar-refractivity contribution in [3.8, 4) is 0 Å². The molecular formula is C15H18Cl2N2O. The highest BCUT2D eigenvalue weighted by molar-refractivity contribution is 6.33.